The van der Waals surface area contributed by atoms with Gasteiger partial charge < -0.3 is 4.98 Å². The van der Waals surface area contributed by atoms with E-state index in [-0.39, 0.29) is 0 Å². The Morgan fingerprint density at radius 1 is 0.967 bits per heavy atom. The number of pyridine rings is 1. The summed E-state index contributed by atoms with van der Waals surface area (Å²) in [5.74, 6) is 0. The van der Waals surface area contributed by atoms with Gasteiger partial charge in [0.1, 0.15) is 0 Å². The zero-order valence-corrected chi connectivity index (χ0v) is 19.9. The summed E-state index contributed by atoms with van der Waals surface area (Å²) in [6.07, 6.45) is 3.85. The largest absolute Gasteiger partial charge is 0.361 e. The molecule has 0 amide bonds. The molecule has 0 radical (unpaired) electrons. The Bertz CT molecular complexity index is 1320. The highest BCUT2D eigenvalue weighted by Crippen LogP contribution is 2.39. The third-order valence-electron chi connectivity index (χ3n) is 5.02. The highest BCUT2D eigenvalue weighted by molar-refractivity contribution is 9.10. The van der Waals surface area contributed by atoms with Crippen molar-refractivity contribution in [2.75, 3.05) is 0 Å². The van der Waals surface area contributed by atoms with Crippen molar-refractivity contribution in [3.63, 3.8) is 0 Å². The highest BCUT2D eigenvalue weighted by Gasteiger charge is 2.18. The maximum Gasteiger partial charge on any atom is 0.151 e. The number of hydrogen-bond donors (Lipinski definition) is 1. The van der Waals surface area contributed by atoms with Gasteiger partial charge in [-0.25, -0.2) is 4.98 Å². The number of fused-ring (bicyclic) bond motifs is 2. The first-order valence-corrected chi connectivity index (χ1v) is 11.7. The lowest BCUT2D eigenvalue weighted by atomic mass is 10.0. The number of nitrogens with zero attached hydrogens (tertiary/aromatic N) is 2. The molecule has 30 heavy (non-hydrogen) atoms. The number of hydrogen-bond acceptors (Lipinski definition) is 2. The van der Waals surface area contributed by atoms with Gasteiger partial charge in [-0.15, -0.1) is 0 Å². The molecule has 5 heteroatoms. The van der Waals surface area contributed by atoms with E-state index in [9.17, 15) is 0 Å². The van der Waals surface area contributed by atoms with Gasteiger partial charge >= 0.3 is 0 Å². The highest BCUT2D eigenvalue weighted by atomic mass is 79.9. The molecule has 0 unspecified atom stereocenters. The smallest absolute Gasteiger partial charge is 0.151 e. The van der Waals surface area contributed by atoms with E-state index in [0.717, 1.165) is 21.0 Å². The molecule has 5 aromatic rings. The Kier molecular flexibility index (Phi) is 6.02. The molecule has 0 bridgehead atoms. The minimum absolute atomic E-state index is 0.982. The van der Waals surface area contributed by atoms with E-state index in [4.69, 9.17) is 4.98 Å². The normalized spacial score (nSPS) is 11.0. The lowest BCUT2D eigenvalue weighted by Gasteiger charge is -2.08. The molecule has 0 aliphatic heterocycles. The number of aryl methyl sites for hydroxylation is 1. The van der Waals surface area contributed by atoms with Gasteiger partial charge in [0, 0.05) is 43.9 Å². The average Bonchev–Trinajstić information content (AvgIpc) is 3.33. The van der Waals surface area contributed by atoms with Crippen LogP contribution in [-0.4, -0.2) is 13.9 Å². The Morgan fingerprint density at radius 2 is 1.73 bits per heavy atom. The number of aromatic amines is 1. The predicted octanol–water partition coefficient (Wildman–Crippen LogP) is 8.15. The molecule has 0 saturated carbocycles. The van der Waals surface area contributed by atoms with Crippen molar-refractivity contribution in [1.82, 2.24) is 13.9 Å². The first-order chi connectivity index (χ1) is 14.6. The second-order valence-corrected chi connectivity index (χ2v) is 8.90. The van der Waals surface area contributed by atoms with Crippen molar-refractivity contribution < 1.29 is 0 Å². The Labute approximate surface area is 189 Å². The molecular weight excluding hydrogens is 454 g/mol. The fourth-order valence-electron chi connectivity index (χ4n) is 3.62. The summed E-state index contributed by atoms with van der Waals surface area (Å²) < 4.78 is 3.23. The van der Waals surface area contributed by atoms with E-state index < -0.39 is 0 Å². The second-order valence-electron chi connectivity index (χ2n) is 6.96. The van der Waals surface area contributed by atoms with Gasteiger partial charge in [-0.2, -0.15) is 0 Å². The molecule has 152 valence electrons. The summed E-state index contributed by atoms with van der Waals surface area (Å²) in [5.41, 5.74) is 7.03. The molecule has 0 saturated heterocycles. The molecule has 0 fully saturated rings. The van der Waals surface area contributed by atoms with Gasteiger partial charge in [0.25, 0.3) is 0 Å². The molecule has 0 atom stereocenters. The number of nitrogens with one attached hydrogen (secondary N) is 1. The molecule has 2 aromatic carbocycles. The second kappa shape index (κ2) is 8.70. The van der Waals surface area contributed by atoms with Crippen LogP contribution in [-0.2, 0) is 0 Å². The topological polar surface area (TPSA) is 33.6 Å². The first-order valence-electron chi connectivity index (χ1n) is 10.1. The van der Waals surface area contributed by atoms with Crippen LogP contribution in [0.2, 0.25) is 0 Å². The van der Waals surface area contributed by atoms with Crippen LogP contribution in [0.5, 0.6) is 0 Å². The third-order valence-corrected chi connectivity index (χ3v) is 6.57. The summed E-state index contributed by atoms with van der Waals surface area (Å²) in [5, 5.41) is 2.37. The molecule has 1 N–H and O–H groups in total. The molecule has 0 spiro atoms. The zero-order chi connectivity index (χ0) is 21.3. The van der Waals surface area contributed by atoms with Crippen molar-refractivity contribution in [2.45, 2.75) is 32.6 Å². The van der Waals surface area contributed by atoms with E-state index in [0.29, 0.717) is 0 Å². The standard InChI is InChI=1S/C23H18BrN3S.C2H6/c1-14-3-6-19(7-4-14)28-27-15(2)22(20-12-18(24)13-26-23(20)27)17-5-8-21-16(11-17)9-10-25-21;1-2/h3-13,25H,1-2H3;1-2H3. The summed E-state index contributed by atoms with van der Waals surface area (Å²) in [7, 11) is 0. The Morgan fingerprint density at radius 3 is 2.50 bits per heavy atom. The van der Waals surface area contributed by atoms with E-state index in [1.165, 1.54) is 32.7 Å². The fraction of sp³-hybridized carbons (Fsp3) is 0.160. The van der Waals surface area contributed by atoms with Crippen molar-refractivity contribution in [2.24, 2.45) is 0 Å². The van der Waals surface area contributed by atoms with Crippen LogP contribution in [0.1, 0.15) is 25.1 Å². The van der Waals surface area contributed by atoms with Crippen LogP contribution in [0.4, 0.5) is 0 Å². The van der Waals surface area contributed by atoms with Gasteiger partial charge in [-0.1, -0.05) is 37.6 Å². The Balaban J connectivity index is 0.00000106. The molecule has 0 aliphatic carbocycles. The number of benzene rings is 2. The number of rotatable bonds is 3. The van der Waals surface area contributed by atoms with Gasteiger partial charge in [0.05, 0.1) is 0 Å². The van der Waals surface area contributed by atoms with Gasteiger partial charge in [0.2, 0.25) is 0 Å². The SMILES string of the molecule is CC.Cc1ccc(Sn2c(C)c(-c3ccc4[nH]ccc4c3)c3cc(Br)cnc32)cc1. The number of halogens is 1. The molecule has 3 aromatic heterocycles. The fourth-order valence-corrected chi connectivity index (χ4v) is 4.88. The minimum atomic E-state index is 0.982. The summed E-state index contributed by atoms with van der Waals surface area (Å²) in [4.78, 5) is 9.21. The van der Waals surface area contributed by atoms with Gasteiger partial charge in [-0.3, -0.25) is 3.97 Å². The van der Waals surface area contributed by atoms with E-state index in [1.807, 2.05) is 26.2 Å². The number of H-pyrrole nitrogens is 1. The van der Waals surface area contributed by atoms with Gasteiger partial charge in [-0.05, 0) is 89.1 Å². The van der Waals surface area contributed by atoms with Crippen LogP contribution in [0, 0.1) is 13.8 Å². The van der Waals surface area contributed by atoms with Crippen molar-refractivity contribution in [1.29, 1.82) is 0 Å². The van der Waals surface area contributed by atoms with Crippen molar-refractivity contribution >= 4 is 49.8 Å². The zero-order valence-electron chi connectivity index (χ0n) is 17.5. The van der Waals surface area contributed by atoms with Gasteiger partial charge in [0.15, 0.2) is 5.65 Å². The molecule has 5 rings (SSSR count). The first kappa shape index (κ1) is 20.8. The van der Waals surface area contributed by atoms with E-state index in [1.54, 1.807) is 11.9 Å². The predicted molar refractivity (Wildman–Crippen MR) is 133 cm³/mol. The van der Waals surface area contributed by atoms with E-state index in [2.05, 4.69) is 93.3 Å². The van der Waals surface area contributed by atoms with Crippen molar-refractivity contribution in [3.05, 3.63) is 82.7 Å². The van der Waals surface area contributed by atoms with Crippen LogP contribution >= 0.6 is 27.9 Å². The molecule has 3 nitrogen and oxygen atoms in total. The molecule has 0 aliphatic rings. The van der Waals surface area contributed by atoms with Crippen LogP contribution in [0.25, 0.3) is 33.1 Å². The summed E-state index contributed by atoms with van der Waals surface area (Å²) in [6, 6.07) is 19.5. The quantitative estimate of drug-likeness (QED) is 0.284. The summed E-state index contributed by atoms with van der Waals surface area (Å²) in [6.45, 7) is 8.28. The Hall–Kier alpha value is -2.50. The van der Waals surface area contributed by atoms with Crippen LogP contribution in [0.3, 0.4) is 0 Å². The number of aromatic nitrogens is 3. The lowest BCUT2D eigenvalue weighted by molar-refractivity contribution is 1.17. The maximum absolute atomic E-state index is 4.74. The average molecular weight is 478 g/mol. The minimum Gasteiger partial charge on any atom is -0.361 e. The molecule has 3 heterocycles. The maximum atomic E-state index is 4.74. The lowest BCUT2D eigenvalue weighted by Crippen LogP contribution is -1.92. The third kappa shape index (κ3) is 3.80. The summed E-state index contributed by atoms with van der Waals surface area (Å²) >= 11 is 5.31. The monoisotopic (exact) mass is 477 g/mol. The van der Waals surface area contributed by atoms with Crippen LogP contribution in [0.15, 0.2) is 76.4 Å². The van der Waals surface area contributed by atoms with Crippen LogP contribution < -0.4 is 0 Å². The van der Waals surface area contributed by atoms with E-state index >= 15 is 0 Å². The molecular formula is C25H24BrN3S. The van der Waals surface area contributed by atoms with Crippen molar-refractivity contribution in [3.8, 4) is 11.1 Å².